The van der Waals surface area contributed by atoms with Crippen LogP contribution >= 0.6 is 11.3 Å². The third-order valence-corrected chi connectivity index (χ3v) is 8.32. The number of nitrogens with two attached hydrogens (primary N) is 1. The predicted molar refractivity (Wildman–Crippen MR) is 153 cm³/mol. The molecule has 7 N–H and O–H groups in total. The summed E-state index contributed by atoms with van der Waals surface area (Å²) < 4.78 is 27.5. The van der Waals surface area contributed by atoms with E-state index in [1.54, 1.807) is 4.72 Å². The van der Waals surface area contributed by atoms with Crippen LogP contribution in [0.1, 0.15) is 24.3 Å². The lowest BCUT2D eigenvalue weighted by Gasteiger charge is -2.42. The van der Waals surface area contributed by atoms with Gasteiger partial charge in [0.2, 0.25) is 16.9 Å². The number of nitrogens with one attached hydrogen (secondary N) is 3. The number of nitrogen functional groups attached to an aromatic ring is 1. The molecular weight excluding hydrogens is 660 g/mol. The average Bonchev–Trinajstić information content (AvgIpc) is 3.57. The molecule has 246 valence electrons. The lowest BCUT2D eigenvalue weighted by Crippen LogP contribution is -2.69. The van der Waals surface area contributed by atoms with Crippen LogP contribution in [0.3, 0.4) is 0 Å². The number of carboxylic acid groups (broad SMARTS) is 1. The summed E-state index contributed by atoms with van der Waals surface area (Å²) in [6, 6.07) is -3.38. The van der Waals surface area contributed by atoms with E-state index in [0.29, 0.717) is 9.91 Å². The molecule has 4 rings (SSSR count). The van der Waals surface area contributed by atoms with Crippen molar-refractivity contribution >= 4 is 74.5 Å². The zero-order chi connectivity index (χ0) is 34.1. The lowest BCUT2D eigenvalue weighted by atomic mass is 10.1. The van der Waals surface area contributed by atoms with E-state index in [1.165, 1.54) is 5.38 Å². The van der Waals surface area contributed by atoms with Crippen molar-refractivity contribution in [2.45, 2.75) is 25.5 Å². The second-order valence-electron chi connectivity index (χ2n) is 9.81. The number of carbonyl (C=O) groups is 6. The van der Waals surface area contributed by atoms with Gasteiger partial charge in [-0.2, -0.15) is 8.42 Å². The third-order valence-electron chi connectivity index (χ3n) is 6.31. The van der Waals surface area contributed by atoms with E-state index < -0.39 is 81.8 Å². The fraction of sp³-hybridized carbons (Fsp3) is 0.318. The Morgan fingerprint density at radius 1 is 1.28 bits per heavy atom. The van der Waals surface area contributed by atoms with Gasteiger partial charge in [-0.05, 0) is 13.8 Å². The van der Waals surface area contributed by atoms with Crippen molar-refractivity contribution in [3.8, 4) is 5.75 Å². The maximum atomic E-state index is 13.1. The molecule has 2 saturated heterocycles. The number of β-lactam (4-membered cyclic amide) rings is 1. The van der Waals surface area contributed by atoms with Crippen molar-refractivity contribution in [1.82, 2.24) is 34.3 Å². The van der Waals surface area contributed by atoms with Crippen LogP contribution in [0, 0.1) is 0 Å². The number of hydrogen-bond donors (Lipinski definition) is 6. The molecule has 46 heavy (non-hydrogen) atoms. The van der Waals surface area contributed by atoms with Crippen LogP contribution in [0.25, 0.3) is 0 Å². The van der Waals surface area contributed by atoms with Gasteiger partial charge < -0.3 is 25.8 Å². The number of H-pyrrole nitrogens is 1. The Morgan fingerprint density at radius 3 is 2.54 bits per heavy atom. The average molecular weight is 685 g/mol. The first kappa shape index (κ1) is 33.1. The number of anilines is 2. The van der Waals surface area contributed by atoms with E-state index in [2.05, 4.69) is 20.5 Å². The van der Waals surface area contributed by atoms with Crippen LogP contribution in [0.4, 0.5) is 20.5 Å². The highest BCUT2D eigenvalue weighted by Crippen LogP contribution is 2.28. The summed E-state index contributed by atoms with van der Waals surface area (Å²) in [5.41, 5.74) is 4.61. The zero-order valence-corrected chi connectivity index (χ0v) is 25.2. The number of thiazole rings is 1. The van der Waals surface area contributed by atoms with Crippen molar-refractivity contribution < 1.29 is 52.2 Å². The molecule has 2 aromatic rings. The second-order valence-corrected chi connectivity index (χ2v) is 12.3. The van der Waals surface area contributed by atoms with Crippen molar-refractivity contribution in [2.75, 3.05) is 30.3 Å². The minimum atomic E-state index is -4.93. The number of amidine groups is 1. The number of carbonyl (C=O) groups excluding carboxylic acids is 5. The summed E-state index contributed by atoms with van der Waals surface area (Å²) >= 11 is 0.918. The Bertz CT molecular complexity index is 1820. The highest BCUT2D eigenvalue weighted by molar-refractivity contribution is 7.88. The van der Waals surface area contributed by atoms with E-state index >= 15 is 0 Å². The molecule has 1 unspecified atom stereocenters. The Balaban J connectivity index is 1.44. The highest BCUT2D eigenvalue weighted by Gasteiger charge is 2.49. The summed E-state index contributed by atoms with van der Waals surface area (Å²) in [6.07, 6.45) is 0.972. The minimum absolute atomic E-state index is 0.0152. The lowest BCUT2D eigenvalue weighted by molar-refractivity contribution is -0.161. The SMILES string of the molecule is CC(C)(ON=C(C=O)N(c1csc(N)n1)C1CN(C(=O)NS(=O)(=O)N2CCN(NC(=O)c3cc(=O)c(O)c[nH]3)C2=O)C1=O)C(=O)O. The van der Waals surface area contributed by atoms with Crippen molar-refractivity contribution in [2.24, 2.45) is 5.16 Å². The van der Waals surface area contributed by atoms with E-state index in [1.807, 2.05) is 0 Å². The number of aromatic nitrogens is 2. The number of rotatable bonds is 10. The molecule has 24 heteroatoms. The normalized spacial score (nSPS) is 17.0. The molecule has 2 fully saturated rings. The highest BCUT2D eigenvalue weighted by atomic mass is 32.2. The van der Waals surface area contributed by atoms with E-state index in [-0.39, 0.29) is 33.8 Å². The van der Waals surface area contributed by atoms with Gasteiger partial charge in [0, 0.05) is 17.6 Å². The number of amides is 6. The molecule has 0 radical (unpaired) electrons. The number of hydrazine groups is 1. The number of likely N-dealkylation sites (tertiary alicyclic amines) is 1. The summed E-state index contributed by atoms with van der Waals surface area (Å²) in [5.74, 6) is -4.86. The van der Waals surface area contributed by atoms with Crippen molar-refractivity contribution in [1.29, 1.82) is 0 Å². The van der Waals surface area contributed by atoms with Gasteiger partial charge in [-0.3, -0.25) is 34.4 Å². The standard InChI is InChI=1S/C22H24N10O12S2/c1-22(2,18(38)39)44-27-14(8-33)32(15-9-45-19(23)25-15)11-7-29(17(11)37)20(40)28-46(42,43)31-4-3-30(21(31)41)26-16(36)10-5-12(34)13(35)6-24-10/h5-6,8-9,11,35H,3-4,7H2,1-2H3,(H2,23,25)(H,24,34)(H,26,36)(H,28,40)(H,38,39). The zero-order valence-electron chi connectivity index (χ0n) is 23.6. The van der Waals surface area contributed by atoms with Crippen LogP contribution in [0.2, 0.25) is 0 Å². The van der Waals surface area contributed by atoms with Crippen LogP contribution in [0.5, 0.6) is 5.75 Å². The van der Waals surface area contributed by atoms with Gasteiger partial charge in [-0.25, -0.2) is 33.4 Å². The molecule has 1 atom stereocenters. The van der Waals surface area contributed by atoms with Gasteiger partial charge in [-0.15, -0.1) is 11.3 Å². The Kier molecular flexibility index (Phi) is 8.86. The number of aliphatic carboxylic acids is 1. The van der Waals surface area contributed by atoms with Crippen molar-refractivity contribution in [3.05, 3.63) is 33.6 Å². The molecule has 0 bridgehead atoms. The van der Waals surface area contributed by atoms with Gasteiger partial charge in [-0.1, -0.05) is 5.16 Å². The number of hydrogen-bond acceptors (Lipinski definition) is 15. The monoisotopic (exact) mass is 684 g/mol. The van der Waals surface area contributed by atoms with E-state index in [0.717, 1.165) is 42.3 Å². The summed E-state index contributed by atoms with van der Waals surface area (Å²) in [4.78, 5) is 98.4. The number of carboxylic acids is 1. The van der Waals surface area contributed by atoms with Gasteiger partial charge in [0.05, 0.1) is 19.6 Å². The molecule has 4 heterocycles. The maximum absolute atomic E-state index is 13.1. The van der Waals surface area contributed by atoms with Crippen LogP contribution in [-0.4, -0.2) is 116 Å². The first-order valence-corrected chi connectivity index (χ1v) is 14.9. The number of pyridine rings is 1. The van der Waals surface area contributed by atoms with Gasteiger partial charge in [0.15, 0.2) is 17.2 Å². The molecule has 0 spiro atoms. The molecule has 2 aliphatic rings. The predicted octanol–water partition coefficient (Wildman–Crippen LogP) is -2.43. The Hall–Kier alpha value is -5.78. The smallest absolute Gasteiger partial charge is 0.353 e. The Morgan fingerprint density at radius 2 is 1.98 bits per heavy atom. The molecule has 0 aliphatic carbocycles. The minimum Gasteiger partial charge on any atom is -0.503 e. The number of aromatic amines is 1. The molecular formula is C22H24N10O12S2. The maximum Gasteiger partial charge on any atom is 0.353 e. The third kappa shape index (κ3) is 6.50. The van der Waals surface area contributed by atoms with Gasteiger partial charge in [0.1, 0.15) is 17.6 Å². The fourth-order valence-corrected chi connectivity index (χ4v) is 5.38. The van der Waals surface area contributed by atoms with Crippen LogP contribution in [-0.2, 0) is 29.4 Å². The first-order valence-electron chi connectivity index (χ1n) is 12.6. The number of aromatic hydroxyl groups is 1. The molecule has 0 saturated carbocycles. The molecule has 2 aromatic heterocycles. The molecule has 22 nitrogen and oxygen atoms in total. The molecule has 0 aromatic carbocycles. The van der Waals surface area contributed by atoms with E-state index in [4.69, 9.17) is 10.6 Å². The van der Waals surface area contributed by atoms with E-state index in [9.17, 15) is 52.2 Å². The molecule has 2 aliphatic heterocycles. The number of oxime groups is 1. The quantitative estimate of drug-likeness (QED) is 0.0498. The van der Waals surface area contributed by atoms with Gasteiger partial charge >= 0.3 is 28.2 Å². The number of urea groups is 2. The van der Waals surface area contributed by atoms with Crippen molar-refractivity contribution in [3.63, 3.8) is 0 Å². The first-order chi connectivity index (χ1) is 21.5. The number of imide groups is 1. The Labute approximate surface area is 261 Å². The van der Waals surface area contributed by atoms with Gasteiger partial charge in [0.25, 0.3) is 11.8 Å². The van der Waals surface area contributed by atoms with Crippen LogP contribution < -0.4 is 26.2 Å². The topological polar surface area (TPSA) is 307 Å². The number of aldehydes is 1. The van der Waals surface area contributed by atoms with Crippen LogP contribution in [0.15, 0.2) is 27.6 Å². The number of nitrogens with zero attached hydrogens (tertiary/aromatic N) is 6. The summed E-state index contributed by atoms with van der Waals surface area (Å²) in [6.45, 7) is 0.850. The largest absolute Gasteiger partial charge is 0.503 e. The fourth-order valence-electron chi connectivity index (χ4n) is 3.77. The second kappa shape index (κ2) is 12.3. The summed E-state index contributed by atoms with van der Waals surface area (Å²) in [7, 11) is -4.93. The molecule has 6 amide bonds. The summed E-state index contributed by atoms with van der Waals surface area (Å²) in [5, 5.41) is 24.0.